The monoisotopic (exact) mass is 312 g/mol. The quantitative estimate of drug-likeness (QED) is 0.853. The molecule has 124 valence electrons. The summed E-state index contributed by atoms with van der Waals surface area (Å²) < 4.78 is 2.16. The smallest absolute Gasteiger partial charge is 0.0946 e. The van der Waals surface area contributed by atoms with Gasteiger partial charge in [0, 0.05) is 25.0 Å². The van der Waals surface area contributed by atoms with Gasteiger partial charge in [-0.2, -0.15) is 0 Å². The standard InChI is InChI=1S/C19H28N4/c1-2-11-22-12-8-18(9-13-22)21-19(15-23-14-10-20-16-23)17-6-4-3-5-7-17/h3-7,10,14,16,18-19,21H,2,8-9,11-13,15H2,1H3/t19-/m1/s1. The lowest BCUT2D eigenvalue weighted by Gasteiger charge is -2.34. The molecular weight excluding hydrogens is 284 g/mol. The van der Waals surface area contributed by atoms with Gasteiger partial charge < -0.3 is 14.8 Å². The zero-order valence-corrected chi connectivity index (χ0v) is 14.1. The molecule has 1 aliphatic rings. The zero-order valence-electron chi connectivity index (χ0n) is 14.1. The molecule has 1 N–H and O–H groups in total. The van der Waals surface area contributed by atoms with Crippen molar-refractivity contribution >= 4 is 0 Å². The molecule has 3 rings (SSSR count). The summed E-state index contributed by atoms with van der Waals surface area (Å²) in [5.41, 5.74) is 1.36. The Morgan fingerprint density at radius 2 is 2.00 bits per heavy atom. The van der Waals surface area contributed by atoms with Crippen molar-refractivity contribution in [1.29, 1.82) is 0 Å². The van der Waals surface area contributed by atoms with Crippen LogP contribution in [0.3, 0.4) is 0 Å². The van der Waals surface area contributed by atoms with E-state index < -0.39 is 0 Å². The van der Waals surface area contributed by atoms with E-state index in [4.69, 9.17) is 0 Å². The van der Waals surface area contributed by atoms with Crippen LogP contribution >= 0.6 is 0 Å². The summed E-state index contributed by atoms with van der Waals surface area (Å²) in [6, 6.07) is 11.7. The van der Waals surface area contributed by atoms with Gasteiger partial charge in [0.05, 0.1) is 12.4 Å². The third-order valence-electron chi connectivity index (χ3n) is 4.72. The molecule has 1 aromatic heterocycles. The Balaban J connectivity index is 1.62. The van der Waals surface area contributed by atoms with Crippen LogP contribution in [-0.2, 0) is 6.54 Å². The highest BCUT2D eigenvalue weighted by molar-refractivity contribution is 5.19. The number of nitrogens with one attached hydrogen (secondary N) is 1. The first kappa shape index (κ1) is 16.2. The van der Waals surface area contributed by atoms with Gasteiger partial charge in [0.25, 0.3) is 0 Å². The third kappa shape index (κ3) is 4.66. The number of likely N-dealkylation sites (tertiary alicyclic amines) is 1. The minimum Gasteiger partial charge on any atom is -0.336 e. The first-order valence-electron chi connectivity index (χ1n) is 8.84. The summed E-state index contributed by atoms with van der Waals surface area (Å²) in [5, 5.41) is 3.90. The van der Waals surface area contributed by atoms with E-state index in [0.29, 0.717) is 12.1 Å². The normalized spacial score (nSPS) is 18.1. The van der Waals surface area contributed by atoms with E-state index in [0.717, 1.165) is 6.54 Å². The number of benzene rings is 1. The van der Waals surface area contributed by atoms with Crippen LogP contribution in [0.4, 0.5) is 0 Å². The Kier molecular flexibility index (Phi) is 5.83. The Hall–Kier alpha value is -1.65. The lowest BCUT2D eigenvalue weighted by atomic mass is 10.0. The maximum Gasteiger partial charge on any atom is 0.0946 e. The molecule has 1 atom stereocenters. The predicted octanol–water partition coefficient (Wildman–Crippen LogP) is 3.09. The molecule has 1 aliphatic heterocycles. The SMILES string of the molecule is CCCN1CCC(N[C@H](Cn2ccnc2)c2ccccc2)CC1. The number of imidazole rings is 1. The van der Waals surface area contributed by atoms with Crippen LogP contribution in [0, 0.1) is 0 Å². The van der Waals surface area contributed by atoms with Crippen molar-refractivity contribution < 1.29 is 0 Å². The van der Waals surface area contributed by atoms with E-state index in [1.807, 2.05) is 18.7 Å². The Morgan fingerprint density at radius 3 is 2.65 bits per heavy atom. The van der Waals surface area contributed by atoms with Gasteiger partial charge in [-0.15, -0.1) is 0 Å². The topological polar surface area (TPSA) is 33.1 Å². The van der Waals surface area contributed by atoms with E-state index in [-0.39, 0.29) is 0 Å². The Labute approximate surface area is 139 Å². The second kappa shape index (κ2) is 8.27. The van der Waals surface area contributed by atoms with Gasteiger partial charge in [-0.3, -0.25) is 0 Å². The molecule has 0 spiro atoms. The van der Waals surface area contributed by atoms with Crippen molar-refractivity contribution in [3.8, 4) is 0 Å². The summed E-state index contributed by atoms with van der Waals surface area (Å²) in [7, 11) is 0. The molecule has 2 heterocycles. The minimum absolute atomic E-state index is 0.341. The average Bonchev–Trinajstić information content (AvgIpc) is 3.10. The van der Waals surface area contributed by atoms with E-state index in [1.54, 1.807) is 0 Å². The Morgan fingerprint density at radius 1 is 1.22 bits per heavy atom. The number of aromatic nitrogens is 2. The molecule has 0 aliphatic carbocycles. The fourth-order valence-corrected chi connectivity index (χ4v) is 3.47. The van der Waals surface area contributed by atoms with Crippen molar-refractivity contribution in [2.45, 2.75) is 44.8 Å². The molecule has 2 aromatic rings. The minimum atomic E-state index is 0.341. The highest BCUT2D eigenvalue weighted by Gasteiger charge is 2.22. The summed E-state index contributed by atoms with van der Waals surface area (Å²) in [5.74, 6) is 0. The molecule has 23 heavy (non-hydrogen) atoms. The molecule has 1 saturated heterocycles. The summed E-state index contributed by atoms with van der Waals surface area (Å²) in [4.78, 5) is 6.76. The molecule has 0 amide bonds. The number of rotatable bonds is 7. The van der Waals surface area contributed by atoms with Crippen molar-refractivity contribution in [3.63, 3.8) is 0 Å². The zero-order chi connectivity index (χ0) is 15.9. The van der Waals surface area contributed by atoms with E-state index >= 15 is 0 Å². The predicted molar refractivity (Wildman–Crippen MR) is 94.3 cm³/mol. The number of nitrogens with zero attached hydrogens (tertiary/aromatic N) is 3. The van der Waals surface area contributed by atoms with Crippen molar-refractivity contribution in [3.05, 3.63) is 54.6 Å². The molecular formula is C19H28N4. The fraction of sp³-hybridized carbons (Fsp3) is 0.526. The molecule has 1 aromatic carbocycles. The number of hydrogen-bond acceptors (Lipinski definition) is 3. The van der Waals surface area contributed by atoms with Crippen molar-refractivity contribution in [2.75, 3.05) is 19.6 Å². The van der Waals surface area contributed by atoms with Crippen LogP contribution in [-0.4, -0.2) is 40.1 Å². The van der Waals surface area contributed by atoms with Gasteiger partial charge in [0.2, 0.25) is 0 Å². The first-order chi connectivity index (χ1) is 11.3. The third-order valence-corrected chi connectivity index (χ3v) is 4.72. The van der Waals surface area contributed by atoms with Crippen LogP contribution in [0.15, 0.2) is 49.1 Å². The molecule has 1 fully saturated rings. The van der Waals surface area contributed by atoms with Gasteiger partial charge in [-0.1, -0.05) is 37.3 Å². The van der Waals surface area contributed by atoms with E-state index in [2.05, 4.69) is 57.0 Å². The van der Waals surface area contributed by atoms with Gasteiger partial charge in [0.1, 0.15) is 0 Å². The largest absolute Gasteiger partial charge is 0.336 e. The lowest BCUT2D eigenvalue weighted by molar-refractivity contribution is 0.188. The Bertz CT molecular complexity index is 544. The molecule has 0 saturated carbocycles. The second-order valence-electron chi connectivity index (χ2n) is 6.51. The van der Waals surface area contributed by atoms with Crippen LogP contribution in [0.5, 0.6) is 0 Å². The van der Waals surface area contributed by atoms with Gasteiger partial charge in [-0.25, -0.2) is 4.98 Å². The van der Waals surface area contributed by atoms with Crippen LogP contribution < -0.4 is 5.32 Å². The molecule has 4 heteroatoms. The number of piperidine rings is 1. The maximum absolute atomic E-state index is 4.17. The van der Waals surface area contributed by atoms with Crippen LogP contribution in [0.2, 0.25) is 0 Å². The summed E-state index contributed by atoms with van der Waals surface area (Å²) in [6.45, 7) is 6.88. The first-order valence-corrected chi connectivity index (χ1v) is 8.84. The lowest BCUT2D eigenvalue weighted by Crippen LogP contribution is -2.44. The maximum atomic E-state index is 4.17. The second-order valence-corrected chi connectivity index (χ2v) is 6.51. The van der Waals surface area contributed by atoms with Gasteiger partial charge in [0.15, 0.2) is 0 Å². The highest BCUT2D eigenvalue weighted by atomic mass is 15.1. The number of hydrogen-bond donors (Lipinski definition) is 1. The van der Waals surface area contributed by atoms with E-state index in [9.17, 15) is 0 Å². The molecule has 0 bridgehead atoms. The molecule has 0 radical (unpaired) electrons. The summed E-state index contributed by atoms with van der Waals surface area (Å²) >= 11 is 0. The van der Waals surface area contributed by atoms with Gasteiger partial charge in [-0.05, 0) is 44.5 Å². The van der Waals surface area contributed by atoms with Gasteiger partial charge >= 0.3 is 0 Å². The summed E-state index contributed by atoms with van der Waals surface area (Å²) in [6.07, 6.45) is 9.54. The molecule has 4 nitrogen and oxygen atoms in total. The van der Waals surface area contributed by atoms with Crippen LogP contribution in [0.1, 0.15) is 37.8 Å². The molecule has 0 unspecified atom stereocenters. The highest BCUT2D eigenvalue weighted by Crippen LogP contribution is 2.19. The van der Waals surface area contributed by atoms with Crippen molar-refractivity contribution in [1.82, 2.24) is 19.8 Å². The van der Waals surface area contributed by atoms with Crippen LogP contribution in [0.25, 0.3) is 0 Å². The van der Waals surface area contributed by atoms with Crippen molar-refractivity contribution in [2.24, 2.45) is 0 Å². The average molecular weight is 312 g/mol. The van der Waals surface area contributed by atoms with E-state index in [1.165, 1.54) is 44.5 Å². The fourth-order valence-electron chi connectivity index (χ4n) is 3.47.